The Balaban J connectivity index is 2.36. The summed E-state index contributed by atoms with van der Waals surface area (Å²) in [6.45, 7) is 1.72. The first-order chi connectivity index (χ1) is 6.99. The first kappa shape index (κ1) is 10.5. The number of fused-ring (bicyclic) bond motifs is 2. The summed E-state index contributed by atoms with van der Waals surface area (Å²) < 4.78 is 9.81. The van der Waals surface area contributed by atoms with Crippen LogP contribution in [0.2, 0.25) is 0 Å². The first-order valence-electron chi connectivity index (χ1n) is 4.65. The number of carbonyl (C=O) groups excluding carboxylic acids is 2. The third-order valence-electron chi connectivity index (χ3n) is 3.08. The van der Waals surface area contributed by atoms with Crippen LogP contribution in [-0.4, -0.2) is 25.2 Å². The van der Waals surface area contributed by atoms with Crippen LogP contribution in [-0.2, 0) is 19.1 Å². The van der Waals surface area contributed by atoms with Gasteiger partial charge in [-0.3, -0.25) is 9.59 Å². The molecular weight excluding hydrogens is 220 g/mol. The monoisotopic (exact) mass is 230 g/mol. The van der Waals surface area contributed by atoms with Crippen LogP contribution in [0.1, 0.15) is 13.3 Å². The van der Waals surface area contributed by atoms with E-state index in [-0.39, 0.29) is 11.9 Å². The Morgan fingerprint density at radius 2 is 2.40 bits per heavy atom. The second-order valence-corrected chi connectivity index (χ2v) is 4.51. The number of rotatable bonds is 1. The first-order valence-corrected chi connectivity index (χ1v) is 5.03. The number of hydrogen-bond acceptors (Lipinski definition) is 4. The topological polar surface area (TPSA) is 52.6 Å². The lowest BCUT2D eigenvalue weighted by Crippen LogP contribution is -2.52. The number of methoxy groups -OCH3 is 1. The van der Waals surface area contributed by atoms with Crippen molar-refractivity contribution in [2.75, 3.05) is 7.11 Å². The van der Waals surface area contributed by atoms with Gasteiger partial charge < -0.3 is 9.47 Å². The second-order valence-electron chi connectivity index (χ2n) is 4.07. The van der Waals surface area contributed by atoms with E-state index < -0.39 is 17.4 Å². The van der Waals surface area contributed by atoms with Crippen molar-refractivity contribution in [3.05, 3.63) is 11.1 Å². The van der Waals surface area contributed by atoms with Crippen LogP contribution in [0.4, 0.5) is 0 Å². The quantitative estimate of drug-likeness (QED) is 0.636. The van der Waals surface area contributed by atoms with Gasteiger partial charge in [0.1, 0.15) is 11.5 Å². The van der Waals surface area contributed by atoms with E-state index in [0.29, 0.717) is 11.5 Å². The van der Waals surface area contributed by atoms with Gasteiger partial charge >= 0.3 is 11.9 Å². The highest BCUT2D eigenvalue weighted by molar-refractivity contribution is 6.31. The number of hydrogen-bond donors (Lipinski definition) is 0. The standard InChI is InChI=1S/C10H11ClO4/c1-10(9(13)14-2)4-5-6(11)3-7(10)15-8(5)12/h3,5,7H,4H2,1-2H3/t5-,7-,10-/m1/s1. The molecule has 1 fully saturated rings. The minimum atomic E-state index is -0.800. The Morgan fingerprint density at radius 3 is 2.87 bits per heavy atom. The third kappa shape index (κ3) is 1.35. The average Bonchev–Trinajstić information content (AvgIpc) is 2.20. The summed E-state index contributed by atoms with van der Waals surface area (Å²) in [4.78, 5) is 23.0. The Labute approximate surface area is 92.2 Å². The van der Waals surface area contributed by atoms with Crippen molar-refractivity contribution in [2.45, 2.75) is 19.4 Å². The van der Waals surface area contributed by atoms with Crippen LogP contribution < -0.4 is 0 Å². The van der Waals surface area contributed by atoms with E-state index in [9.17, 15) is 9.59 Å². The van der Waals surface area contributed by atoms with Crippen molar-refractivity contribution in [2.24, 2.45) is 11.3 Å². The van der Waals surface area contributed by atoms with Crippen LogP contribution in [0.5, 0.6) is 0 Å². The number of esters is 2. The van der Waals surface area contributed by atoms with Crippen molar-refractivity contribution in [1.29, 1.82) is 0 Å². The Morgan fingerprint density at radius 1 is 1.73 bits per heavy atom. The molecular formula is C10H11ClO4. The van der Waals surface area contributed by atoms with Crippen molar-refractivity contribution in [3.63, 3.8) is 0 Å². The summed E-state index contributed by atoms with van der Waals surface area (Å²) in [7, 11) is 1.32. The van der Waals surface area contributed by atoms with Crippen molar-refractivity contribution in [3.8, 4) is 0 Å². The van der Waals surface area contributed by atoms with Crippen molar-refractivity contribution < 1.29 is 19.1 Å². The van der Waals surface area contributed by atoms with Crippen LogP contribution in [0, 0.1) is 11.3 Å². The molecule has 0 saturated carbocycles. The van der Waals surface area contributed by atoms with Gasteiger partial charge in [0.15, 0.2) is 0 Å². The van der Waals surface area contributed by atoms with Gasteiger partial charge in [0.2, 0.25) is 0 Å². The lowest BCUT2D eigenvalue weighted by molar-refractivity contribution is -0.181. The minimum absolute atomic E-state index is 0.353. The highest BCUT2D eigenvalue weighted by Crippen LogP contribution is 2.47. The lowest BCUT2D eigenvalue weighted by Gasteiger charge is -2.43. The molecule has 1 aliphatic carbocycles. The van der Waals surface area contributed by atoms with Gasteiger partial charge in [0, 0.05) is 5.03 Å². The molecule has 0 spiro atoms. The van der Waals surface area contributed by atoms with Gasteiger partial charge in [-0.15, -0.1) is 0 Å². The maximum atomic E-state index is 11.6. The molecule has 3 aliphatic rings. The van der Waals surface area contributed by atoms with Crippen LogP contribution >= 0.6 is 11.6 Å². The normalized spacial score (nSPS) is 38.3. The molecule has 2 aliphatic heterocycles. The maximum absolute atomic E-state index is 11.6. The van der Waals surface area contributed by atoms with Crippen molar-refractivity contribution in [1.82, 2.24) is 0 Å². The second kappa shape index (κ2) is 3.23. The number of halogens is 1. The zero-order valence-corrected chi connectivity index (χ0v) is 9.21. The fourth-order valence-electron chi connectivity index (χ4n) is 2.08. The summed E-state index contributed by atoms with van der Waals surface area (Å²) in [6, 6.07) is 0. The molecule has 0 aromatic rings. The molecule has 0 aromatic heterocycles. The molecule has 0 amide bonds. The van der Waals surface area contributed by atoms with E-state index in [1.54, 1.807) is 13.0 Å². The third-order valence-corrected chi connectivity index (χ3v) is 3.47. The average molecular weight is 231 g/mol. The van der Waals surface area contributed by atoms with Gasteiger partial charge in [-0.2, -0.15) is 0 Å². The number of ether oxygens (including phenoxy) is 2. The Hall–Kier alpha value is -1.03. The molecule has 15 heavy (non-hydrogen) atoms. The maximum Gasteiger partial charge on any atom is 0.315 e. The van der Waals surface area contributed by atoms with E-state index in [2.05, 4.69) is 0 Å². The largest absolute Gasteiger partial charge is 0.468 e. The Kier molecular flexibility index (Phi) is 2.26. The van der Waals surface area contributed by atoms with Crippen LogP contribution in [0.25, 0.3) is 0 Å². The molecule has 5 heteroatoms. The molecule has 3 atom stereocenters. The van der Waals surface area contributed by atoms with E-state index in [1.807, 2.05) is 0 Å². The molecule has 3 rings (SSSR count). The van der Waals surface area contributed by atoms with E-state index >= 15 is 0 Å². The van der Waals surface area contributed by atoms with E-state index in [1.165, 1.54) is 7.11 Å². The predicted octanol–water partition coefficient (Wildman–Crippen LogP) is 1.23. The fourth-order valence-corrected chi connectivity index (χ4v) is 2.36. The highest BCUT2D eigenvalue weighted by atomic mass is 35.5. The van der Waals surface area contributed by atoms with Crippen molar-refractivity contribution >= 4 is 23.5 Å². The molecule has 4 nitrogen and oxygen atoms in total. The summed E-state index contributed by atoms with van der Waals surface area (Å²) in [5.41, 5.74) is -0.800. The van der Waals surface area contributed by atoms with E-state index in [4.69, 9.17) is 21.1 Å². The van der Waals surface area contributed by atoms with Crippen LogP contribution in [0.15, 0.2) is 11.1 Å². The lowest BCUT2D eigenvalue weighted by atomic mass is 9.70. The summed E-state index contributed by atoms with van der Waals surface area (Å²) >= 11 is 5.89. The predicted molar refractivity (Wildman–Crippen MR) is 52.0 cm³/mol. The van der Waals surface area contributed by atoms with Gasteiger partial charge in [-0.05, 0) is 19.4 Å². The number of carbonyl (C=O) groups is 2. The summed E-state index contributed by atoms with van der Waals surface area (Å²) in [5, 5.41) is 0.470. The molecule has 82 valence electrons. The van der Waals surface area contributed by atoms with E-state index in [0.717, 1.165) is 0 Å². The van der Waals surface area contributed by atoms with Gasteiger partial charge in [0.25, 0.3) is 0 Å². The molecule has 1 saturated heterocycles. The smallest absolute Gasteiger partial charge is 0.315 e. The van der Waals surface area contributed by atoms with Gasteiger partial charge in [-0.1, -0.05) is 11.6 Å². The van der Waals surface area contributed by atoms with Crippen LogP contribution in [0.3, 0.4) is 0 Å². The Bertz CT molecular complexity index is 362. The van der Waals surface area contributed by atoms with Gasteiger partial charge in [-0.25, -0.2) is 0 Å². The molecule has 0 N–H and O–H groups in total. The summed E-state index contributed by atoms with van der Waals surface area (Å²) in [5.74, 6) is -1.24. The zero-order chi connectivity index (χ0) is 11.2. The van der Waals surface area contributed by atoms with Gasteiger partial charge in [0.05, 0.1) is 13.0 Å². The summed E-state index contributed by atoms with van der Waals surface area (Å²) in [6.07, 6.45) is 1.38. The SMILES string of the molecule is COC(=O)[C@]1(C)C[C@H]2C(=O)O[C@@H]1C=C2Cl. The minimum Gasteiger partial charge on any atom is -0.468 e. The zero-order valence-electron chi connectivity index (χ0n) is 8.45. The fraction of sp³-hybridized carbons (Fsp3) is 0.600. The molecule has 2 bridgehead atoms. The highest BCUT2D eigenvalue weighted by Gasteiger charge is 2.55. The molecule has 2 heterocycles. The molecule has 0 radical (unpaired) electrons. The molecule has 0 unspecified atom stereocenters. The molecule has 0 aromatic carbocycles.